The molecule has 5 heteroatoms. The molecule has 70 valence electrons. The molecule has 0 saturated carbocycles. The van der Waals surface area contributed by atoms with Crippen LogP contribution in [0, 0.1) is 11.7 Å². The second-order valence-electron chi connectivity index (χ2n) is 2.73. The highest BCUT2D eigenvalue weighted by molar-refractivity contribution is 7.71. The highest BCUT2D eigenvalue weighted by atomic mass is 32.1. The molecule has 0 bridgehead atoms. The molecule has 0 aliphatic rings. The second-order valence-corrected chi connectivity index (χ2v) is 3.12. The summed E-state index contributed by atoms with van der Waals surface area (Å²) in [5.74, 6) is -0.804. The Balaban J connectivity index is 2.78. The zero-order chi connectivity index (χ0) is 9.84. The van der Waals surface area contributed by atoms with Crippen LogP contribution in [0.3, 0.4) is 0 Å². The molecule has 4 nitrogen and oxygen atoms in total. The summed E-state index contributed by atoms with van der Waals surface area (Å²) in [6.45, 7) is 1.86. The number of carboxylic acid groups (broad SMARTS) is 1. The molecule has 0 spiro atoms. The minimum Gasteiger partial charge on any atom is -0.481 e. The van der Waals surface area contributed by atoms with Crippen LogP contribution < -0.4 is 0 Å². The van der Waals surface area contributed by atoms with E-state index in [1.54, 1.807) is 6.20 Å². The Morgan fingerprint density at radius 1 is 1.77 bits per heavy atom. The number of aliphatic carboxylic acids is 1. The van der Waals surface area contributed by atoms with Gasteiger partial charge in [-0.25, -0.2) is 4.98 Å². The van der Waals surface area contributed by atoms with Crippen LogP contribution in [0.5, 0.6) is 0 Å². The normalized spacial score (nSPS) is 9.92. The first-order chi connectivity index (χ1) is 6.09. The van der Waals surface area contributed by atoms with Crippen molar-refractivity contribution in [3.8, 4) is 0 Å². The summed E-state index contributed by atoms with van der Waals surface area (Å²) < 4.78 is 0.427. The number of H-pyrrole nitrogens is 1. The molecule has 2 N–H and O–H groups in total. The van der Waals surface area contributed by atoms with Gasteiger partial charge in [0.15, 0.2) is 4.77 Å². The molecule has 13 heavy (non-hydrogen) atoms. The summed E-state index contributed by atoms with van der Waals surface area (Å²) in [6, 6.07) is 0. The van der Waals surface area contributed by atoms with E-state index in [0.717, 1.165) is 11.3 Å². The molecule has 1 aromatic heterocycles. The van der Waals surface area contributed by atoms with Crippen LogP contribution in [0.1, 0.15) is 17.7 Å². The van der Waals surface area contributed by atoms with E-state index in [9.17, 15) is 4.79 Å². The van der Waals surface area contributed by atoms with Crippen LogP contribution in [-0.2, 0) is 11.2 Å². The van der Waals surface area contributed by atoms with Crippen molar-refractivity contribution in [2.24, 2.45) is 0 Å². The Hall–Kier alpha value is -1.23. The summed E-state index contributed by atoms with van der Waals surface area (Å²) in [7, 11) is 0. The summed E-state index contributed by atoms with van der Waals surface area (Å²) in [4.78, 5) is 17.1. The average molecular weight is 198 g/mol. The maximum absolute atomic E-state index is 10.3. The number of carboxylic acids is 1. The summed E-state index contributed by atoms with van der Waals surface area (Å²) in [5, 5.41) is 8.47. The van der Waals surface area contributed by atoms with E-state index in [2.05, 4.69) is 9.97 Å². The fourth-order valence-electron chi connectivity index (χ4n) is 1.000. The Morgan fingerprint density at radius 2 is 2.46 bits per heavy atom. The molecule has 0 radical (unpaired) electrons. The molecule has 0 amide bonds. The molecule has 1 rings (SSSR count). The van der Waals surface area contributed by atoms with Crippen LogP contribution in [0.25, 0.3) is 0 Å². The topological polar surface area (TPSA) is 66.0 Å². The molecule has 0 aliphatic heterocycles. The van der Waals surface area contributed by atoms with Crippen molar-refractivity contribution < 1.29 is 9.90 Å². The molecule has 0 unspecified atom stereocenters. The molecule has 0 aliphatic carbocycles. The number of rotatable bonds is 3. The maximum Gasteiger partial charge on any atom is 0.303 e. The van der Waals surface area contributed by atoms with Crippen molar-refractivity contribution in [2.75, 3.05) is 0 Å². The molecular formula is C8H10N2O2S. The van der Waals surface area contributed by atoms with Gasteiger partial charge < -0.3 is 10.1 Å². The molecule has 0 fully saturated rings. The third kappa shape index (κ3) is 2.95. The number of hydrogen-bond donors (Lipinski definition) is 2. The van der Waals surface area contributed by atoms with Gasteiger partial charge in [-0.15, -0.1) is 0 Å². The summed E-state index contributed by atoms with van der Waals surface area (Å²) in [6.07, 6.45) is 2.23. The van der Waals surface area contributed by atoms with E-state index >= 15 is 0 Å². The lowest BCUT2D eigenvalue weighted by Gasteiger charge is -2.01. The minimum absolute atomic E-state index is 0.118. The Bertz CT molecular complexity index is 373. The molecule has 1 aromatic rings. The van der Waals surface area contributed by atoms with Gasteiger partial charge >= 0.3 is 5.97 Å². The maximum atomic E-state index is 10.3. The summed E-state index contributed by atoms with van der Waals surface area (Å²) in [5.41, 5.74) is 1.79. The first kappa shape index (κ1) is 9.85. The standard InChI is InChI=1S/C8H10N2O2S/c1-5-6(2-3-7(11)12)4-9-8(13)10-5/h4H,2-3H2,1H3,(H,11,12)(H,9,10,13). The number of carbonyl (C=O) groups is 1. The lowest BCUT2D eigenvalue weighted by Crippen LogP contribution is -2.01. The van der Waals surface area contributed by atoms with Gasteiger partial charge in [-0.05, 0) is 31.1 Å². The number of hydrogen-bond acceptors (Lipinski definition) is 3. The van der Waals surface area contributed by atoms with Crippen LogP contribution in [0.4, 0.5) is 0 Å². The van der Waals surface area contributed by atoms with E-state index in [0.29, 0.717) is 11.2 Å². The molecular weight excluding hydrogens is 188 g/mol. The van der Waals surface area contributed by atoms with E-state index in [1.807, 2.05) is 6.92 Å². The third-order valence-electron chi connectivity index (χ3n) is 1.72. The highest BCUT2D eigenvalue weighted by Crippen LogP contribution is 2.05. The van der Waals surface area contributed by atoms with Gasteiger partial charge in [0, 0.05) is 18.3 Å². The highest BCUT2D eigenvalue weighted by Gasteiger charge is 2.02. The van der Waals surface area contributed by atoms with Gasteiger partial charge in [0.2, 0.25) is 0 Å². The Morgan fingerprint density at radius 3 is 3.00 bits per heavy atom. The Labute approximate surface area is 80.6 Å². The van der Waals surface area contributed by atoms with Gasteiger partial charge in [0.05, 0.1) is 0 Å². The fraction of sp³-hybridized carbons (Fsp3) is 0.375. The molecule has 0 aromatic carbocycles. The van der Waals surface area contributed by atoms with Crippen LogP contribution in [-0.4, -0.2) is 21.0 Å². The van der Waals surface area contributed by atoms with Gasteiger partial charge in [-0.2, -0.15) is 0 Å². The predicted octanol–water partition coefficient (Wildman–Crippen LogP) is 1.46. The first-order valence-corrected chi connectivity index (χ1v) is 4.27. The first-order valence-electron chi connectivity index (χ1n) is 3.86. The van der Waals surface area contributed by atoms with Crippen molar-refractivity contribution in [1.29, 1.82) is 0 Å². The van der Waals surface area contributed by atoms with Crippen molar-refractivity contribution in [3.63, 3.8) is 0 Å². The van der Waals surface area contributed by atoms with Crippen molar-refractivity contribution in [2.45, 2.75) is 19.8 Å². The molecule has 0 atom stereocenters. The van der Waals surface area contributed by atoms with E-state index in [4.69, 9.17) is 17.3 Å². The van der Waals surface area contributed by atoms with Gasteiger partial charge in [0.25, 0.3) is 0 Å². The zero-order valence-electron chi connectivity index (χ0n) is 7.20. The van der Waals surface area contributed by atoms with Crippen molar-refractivity contribution in [3.05, 3.63) is 22.2 Å². The van der Waals surface area contributed by atoms with Crippen LogP contribution in [0.2, 0.25) is 0 Å². The van der Waals surface area contributed by atoms with Crippen LogP contribution in [0.15, 0.2) is 6.20 Å². The minimum atomic E-state index is -0.804. The predicted molar refractivity (Wildman–Crippen MR) is 50.1 cm³/mol. The van der Waals surface area contributed by atoms with Gasteiger partial charge in [-0.1, -0.05) is 0 Å². The quantitative estimate of drug-likeness (QED) is 0.722. The number of aromatic amines is 1. The van der Waals surface area contributed by atoms with Gasteiger partial charge in [-0.3, -0.25) is 4.79 Å². The van der Waals surface area contributed by atoms with Crippen molar-refractivity contribution >= 4 is 18.2 Å². The average Bonchev–Trinajstić information content (AvgIpc) is 2.02. The van der Waals surface area contributed by atoms with Crippen LogP contribution >= 0.6 is 12.2 Å². The smallest absolute Gasteiger partial charge is 0.303 e. The lowest BCUT2D eigenvalue weighted by atomic mass is 10.1. The summed E-state index contributed by atoms with van der Waals surface area (Å²) >= 11 is 4.81. The lowest BCUT2D eigenvalue weighted by molar-refractivity contribution is -0.136. The fourth-order valence-corrected chi connectivity index (χ4v) is 1.21. The number of aryl methyl sites for hydroxylation is 2. The van der Waals surface area contributed by atoms with E-state index in [-0.39, 0.29) is 6.42 Å². The largest absolute Gasteiger partial charge is 0.481 e. The third-order valence-corrected chi connectivity index (χ3v) is 1.93. The van der Waals surface area contributed by atoms with Crippen molar-refractivity contribution in [1.82, 2.24) is 9.97 Å². The Kier molecular flexibility index (Phi) is 3.13. The van der Waals surface area contributed by atoms with E-state index < -0.39 is 5.97 Å². The monoisotopic (exact) mass is 198 g/mol. The number of nitrogens with one attached hydrogen (secondary N) is 1. The SMILES string of the molecule is Cc1[nH]c(=S)ncc1CCC(=O)O. The zero-order valence-corrected chi connectivity index (χ0v) is 8.02. The van der Waals surface area contributed by atoms with E-state index in [1.165, 1.54) is 0 Å². The number of aromatic nitrogens is 2. The van der Waals surface area contributed by atoms with Gasteiger partial charge in [0.1, 0.15) is 0 Å². The number of nitrogens with zero attached hydrogens (tertiary/aromatic N) is 1. The second kappa shape index (κ2) is 4.13. The molecule has 0 saturated heterocycles. The molecule has 1 heterocycles.